The van der Waals surface area contributed by atoms with E-state index in [9.17, 15) is 0 Å². The minimum Gasteiger partial charge on any atom is -0.339 e. The number of nitrogens with one attached hydrogen (secondary N) is 1. The lowest BCUT2D eigenvalue weighted by Crippen LogP contribution is -1.96. The Morgan fingerprint density at radius 3 is 2.68 bits per heavy atom. The predicted octanol–water partition coefficient (Wildman–Crippen LogP) is 3.85. The van der Waals surface area contributed by atoms with Crippen molar-refractivity contribution in [3.8, 4) is 6.07 Å². The maximum atomic E-state index is 9.08. The molecule has 3 aromatic rings. The smallest absolute Gasteiger partial charge is 0.148 e. The lowest BCUT2D eigenvalue weighted by atomic mass is 10.1. The number of hydrogen-bond donors (Lipinski definition) is 1. The molecule has 3 heteroatoms. The van der Waals surface area contributed by atoms with E-state index in [0.29, 0.717) is 11.4 Å². The molecule has 2 aromatic carbocycles. The Kier molecular flexibility index (Phi) is 2.83. The second-order valence-electron chi connectivity index (χ2n) is 4.16. The van der Waals surface area contributed by atoms with Crippen molar-refractivity contribution in [2.45, 2.75) is 0 Å². The zero-order valence-electron chi connectivity index (χ0n) is 10.2. The first-order chi connectivity index (χ1) is 9.38. The summed E-state index contributed by atoms with van der Waals surface area (Å²) in [5.74, 6) is 0.585. The highest BCUT2D eigenvalue weighted by Gasteiger charge is 2.05. The van der Waals surface area contributed by atoms with Gasteiger partial charge in [0.15, 0.2) is 0 Å². The van der Waals surface area contributed by atoms with Gasteiger partial charge in [0.25, 0.3) is 0 Å². The molecule has 0 spiro atoms. The summed E-state index contributed by atoms with van der Waals surface area (Å²) in [6, 6.07) is 19.8. The van der Waals surface area contributed by atoms with Gasteiger partial charge in [0, 0.05) is 17.3 Å². The van der Waals surface area contributed by atoms with E-state index in [0.717, 1.165) is 16.5 Å². The molecule has 0 amide bonds. The average molecular weight is 245 g/mol. The van der Waals surface area contributed by atoms with Crippen LogP contribution in [0.1, 0.15) is 5.56 Å². The molecule has 0 radical (unpaired) electrons. The van der Waals surface area contributed by atoms with Crippen molar-refractivity contribution < 1.29 is 0 Å². The Morgan fingerprint density at radius 1 is 0.947 bits per heavy atom. The minimum atomic E-state index is 0.537. The zero-order valence-corrected chi connectivity index (χ0v) is 10.2. The van der Waals surface area contributed by atoms with E-state index in [1.165, 1.54) is 0 Å². The summed E-state index contributed by atoms with van der Waals surface area (Å²) in [6.07, 6.45) is 1.67. The van der Waals surface area contributed by atoms with Crippen LogP contribution in [0.3, 0.4) is 0 Å². The lowest BCUT2D eigenvalue weighted by molar-refractivity contribution is 1.29. The predicted molar refractivity (Wildman–Crippen MR) is 76.2 cm³/mol. The highest BCUT2D eigenvalue weighted by Crippen LogP contribution is 2.26. The topological polar surface area (TPSA) is 48.7 Å². The van der Waals surface area contributed by atoms with E-state index in [2.05, 4.69) is 28.5 Å². The van der Waals surface area contributed by atoms with Crippen LogP contribution >= 0.6 is 0 Å². The van der Waals surface area contributed by atoms with E-state index < -0.39 is 0 Å². The van der Waals surface area contributed by atoms with Crippen molar-refractivity contribution in [2.75, 3.05) is 5.32 Å². The molecule has 0 saturated heterocycles. The van der Waals surface area contributed by atoms with Crippen LogP contribution in [-0.4, -0.2) is 4.98 Å². The van der Waals surface area contributed by atoms with Gasteiger partial charge in [0.2, 0.25) is 0 Å². The number of anilines is 2. The van der Waals surface area contributed by atoms with Crippen LogP contribution < -0.4 is 5.32 Å². The molecular weight excluding hydrogens is 234 g/mol. The zero-order chi connectivity index (χ0) is 13.1. The second-order valence-corrected chi connectivity index (χ2v) is 4.16. The molecule has 0 saturated carbocycles. The van der Waals surface area contributed by atoms with Crippen molar-refractivity contribution in [1.29, 1.82) is 5.26 Å². The van der Waals surface area contributed by atoms with E-state index >= 15 is 0 Å². The molecule has 90 valence electrons. The van der Waals surface area contributed by atoms with Gasteiger partial charge in [0.05, 0.1) is 5.56 Å². The molecule has 0 bridgehead atoms. The maximum absolute atomic E-state index is 9.08. The van der Waals surface area contributed by atoms with Gasteiger partial charge in [-0.25, -0.2) is 4.98 Å². The number of nitriles is 1. The molecule has 0 atom stereocenters. The van der Waals surface area contributed by atoms with Crippen LogP contribution in [0.15, 0.2) is 60.8 Å². The van der Waals surface area contributed by atoms with Crippen molar-refractivity contribution in [1.82, 2.24) is 4.98 Å². The van der Waals surface area contributed by atoms with Gasteiger partial charge in [-0.15, -0.1) is 0 Å². The van der Waals surface area contributed by atoms with Crippen LogP contribution in [0.2, 0.25) is 0 Å². The third kappa shape index (κ3) is 2.12. The van der Waals surface area contributed by atoms with Crippen molar-refractivity contribution >= 4 is 22.3 Å². The standard InChI is InChI=1S/C16H11N3/c17-11-13-7-4-10-18-16(13)19-15-9-3-6-12-5-1-2-8-14(12)15/h1-10H,(H,18,19). The van der Waals surface area contributed by atoms with Gasteiger partial charge < -0.3 is 5.32 Å². The maximum Gasteiger partial charge on any atom is 0.148 e. The van der Waals surface area contributed by atoms with Crippen molar-refractivity contribution in [3.63, 3.8) is 0 Å². The summed E-state index contributed by atoms with van der Waals surface area (Å²) in [5.41, 5.74) is 1.49. The van der Waals surface area contributed by atoms with Crippen LogP contribution in [0.4, 0.5) is 11.5 Å². The summed E-state index contributed by atoms with van der Waals surface area (Å²) in [6.45, 7) is 0. The summed E-state index contributed by atoms with van der Waals surface area (Å²) in [7, 11) is 0. The van der Waals surface area contributed by atoms with Crippen molar-refractivity contribution in [2.24, 2.45) is 0 Å². The number of aromatic nitrogens is 1. The fraction of sp³-hybridized carbons (Fsp3) is 0. The van der Waals surface area contributed by atoms with Gasteiger partial charge in [-0.2, -0.15) is 5.26 Å². The summed E-state index contributed by atoms with van der Waals surface area (Å²) in [5, 5.41) is 14.6. The Balaban J connectivity index is 2.09. The van der Waals surface area contributed by atoms with Gasteiger partial charge in [0.1, 0.15) is 11.9 Å². The lowest BCUT2D eigenvalue weighted by Gasteiger charge is -2.09. The molecule has 1 heterocycles. The summed E-state index contributed by atoms with van der Waals surface area (Å²) < 4.78 is 0. The minimum absolute atomic E-state index is 0.537. The van der Waals surface area contributed by atoms with Gasteiger partial charge in [-0.1, -0.05) is 36.4 Å². The van der Waals surface area contributed by atoms with E-state index in [4.69, 9.17) is 5.26 Å². The molecule has 3 rings (SSSR count). The monoisotopic (exact) mass is 245 g/mol. The molecule has 0 aliphatic rings. The number of benzene rings is 2. The Labute approximate surface area is 111 Å². The Hall–Kier alpha value is -2.86. The highest BCUT2D eigenvalue weighted by atomic mass is 15.0. The van der Waals surface area contributed by atoms with Crippen LogP contribution in [-0.2, 0) is 0 Å². The van der Waals surface area contributed by atoms with Gasteiger partial charge in [-0.3, -0.25) is 0 Å². The average Bonchev–Trinajstić information content (AvgIpc) is 2.48. The summed E-state index contributed by atoms with van der Waals surface area (Å²) in [4.78, 5) is 4.22. The van der Waals surface area contributed by atoms with Gasteiger partial charge in [-0.05, 0) is 23.6 Å². The fourth-order valence-corrected chi connectivity index (χ4v) is 2.06. The van der Waals surface area contributed by atoms with Crippen LogP contribution in [0, 0.1) is 11.3 Å². The first-order valence-electron chi connectivity index (χ1n) is 5.98. The Morgan fingerprint density at radius 2 is 1.79 bits per heavy atom. The first-order valence-corrected chi connectivity index (χ1v) is 5.98. The fourth-order valence-electron chi connectivity index (χ4n) is 2.06. The molecule has 19 heavy (non-hydrogen) atoms. The molecule has 0 aliphatic heterocycles. The molecular formula is C16H11N3. The number of hydrogen-bond acceptors (Lipinski definition) is 3. The van der Waals surface area contributed by atoms with E-state index in [-0.39, 0.29) is 0 Å². The van der Waals surface area contributed by atoms with Gasteiger partial charge >= 0.3 is 0 Å². The number of rotatable bonds is 2. The van der Waals surface area contributed by atoms with Crippen LogP contribution in [0.25, 0.3) is 10.8 Å². The second kappa shape index (κ2) is 4.79. The SMILES string of the molecule is N#Cc1cccnc1Nc1cccc2ccccc12. The third-order valence-corrected chi connectivity index (χ3v) is 2.97. The highest BCUT2D eigenvalue weighted by molar-refractivity contribution is 5.95. The Bertz CT molecular complexity index is 767. The number of pyridine rings is 1. The van der Waals surface area contributed by atoms with Crippen molar-refractivity contribution in [3.05, 3.63) is 66.4 Å². The quantitative estimate of drug-likeness (QED) is 0.746. The first kappa shape index (κ1) is 11.2. The molecule has 1 N–H and O–H groups in total. The van der Waals surface area contributed by atoms with Crippen LogP contribution in [0.5, 0.6) is 0 Å². The third-order valence-electron chi connectivity index (χ3n) is 2.97. The molecule has 0 unspecified atom stereocenters. The number of nitrogens with zero attached hydrogens (tertiary/aromatic N) is 2. The summed E-state index contributed by atoms with van der Waals surface area (Å²) >= 11 is 0. The van der Waals surface area contributed by atoms with E-state index in [1.807, 2.05) is 30.3 Å². The largest absolute Gasteiger partial charge is 0.339 e. The molecule has 0 fully saturated rings. The number of fused-ring (bicyclic) bond motifs is 1. The normalized spacial score (nSPS) is 10.1. The molecule has 0 aliphatic carbocycles. The molecule has 3 nitrogen and oxygen atoms in total. The van der Waals surface area contributed by atoms with E-state index in [1.54, 1.807) is 18.3 Å². The molecule has 1 aromatic heterocycles.